The Balaban J connectivity index is 0.000000186. The summed E-state index contributed by atoms with van der Waals surface area (Å²) in [6.45, 7) is 31.3. The number of carbonyl (C=O) groups is 3. The molecule has 111 heavy (non-hydrogen) atoms. The highest BCUT2D eigenvalue weighted by Crippen LogP contribution is 2.37. The predicted molar refractivity (Wildman–Crippen MR) is 429 cm³/mol. The van der Waals surface area contributed by atoms with E-state index in [1.54, 1.807) is 39.3 Å². The van der Waals surface area contributed by atoms with Gasteiger partial charge in [0.2, 0.25) is 0 Å². The smallest absolute Gasteiger partial charge is 0.333 e. The first kappa shape index (κ1) is 84.8. The van der Waals surface area contributed by atoms with Gasteiger partial charge in [0.1, 0.15) is 103 Å². The van der Waals surface area contributed by atoms with Crippen molar-refractivity contribution >= 4 is 98.5 Å². The first-order chi connectivity index (χ1) is 52.3. The number of carboxylic acid groups (broad SMARTS) is 1. The van der Waals surface area contributed by atoms with Crippen molar-refractivity contribution in [2.75, 3.05) is 7.11 Å². The Morgan fingerprint density at radius 2 is 0.829 bits per heavy atom. The number of aromatic amines is 1. The summed E-state index contributed by atoms with van der Waals surface area (Å²) in [7, 11) is 1.24. The number of carboxylic acids is 1. The molecule has 12 aromatic rings. The molecule has 0 aliphatic carbocycles. The zero-order valence-corrected chi connectivity index (χ0v) is 69.3. The van der Waals surface area contributed by atoms with Crippen LogP contribution in [0.2, 0.25) is 0 Å². The molecule has 34 heteroatoms. The Bertz CT molecular complexity index is 5620. The van der Waals surface area contributed by atoms with Crippen LogP contribution in [0.25, 0.3) is 40.7 Å². The minimum Gasteiger partial charge on any atom is -0.480 e. The third kappa shape index (κ3) is 18.4. The van der Waals surface area contributed by atoms with Gasteiger partial charge in [-0.15, -0.1) is 11.3 Å². The van der Waals surface area contributed by atoms with Crippen molar-refractivity contribution in [2.24, 2.45) is 0 Å². The molecule has 0 bridgehead atoms. The van der Waals surface area contributed by atoms with E-state index in [-0.39, 0.29) is 43.3 Å². The zero-order valence-electron chi connectivity index (χ0n) is 65.2. The lowest BCUT2D eigenvalue weighted by Crippen LogP contribution is -2.54. The van der Waals surface area contributed by atoms with Crippen LogP contribution >= 0.6 is 49.9 Å². The molecular formula is C77H92BrN15O15S3. The summed E-state index contributed by atoms with van der Waals surface area (Å²) in [5, 5.41) is 26.5. The number of benzene rings is 3. The van der Waals surface area contributed by atoms with Crippen LogP contribution < -0.4 is 33.7 Å². The number of aliphatic carboxylic acids is 1. The van der Waals surface area contributed by atoms with Crippen molar-refractivity contribution < 1.29 is 43.2 Å². The van der Waals surface area contributed by atoms with Crippen molar-refractivity contribution in [1.82, 2.24) is 72.1 Å². The van der Waals surface area contributed by atoms with E-state index in [9.17, 15) is 48.3 Å². The molecule has 0 spiro atoms. The van der Waals surface area contributed by atoms with Gasteiger partial charge in [0.15, 0.2) is 0 Å². The van der Waals surface area contributed by atoms with E-state index >= 15 is 0 Å². The molecule has 2 N–H and O–H groups in total. The number of rotatable bonds is 23. The topological polar surface area (TPSA) is 353 Å². The third-order valence-electron chi connectivity index (χ3n) is 17.8. The molecule has 0 saturated heterocycles. The summed E-state index contributed by atoms with van der Waals surface area (Å²) in [4.78, 5) is 134. The van der Waals surface area contributed by atoms with Gasteiger partial charge in [-0.2, -0.15) is 15.3 Å². The van der Waals surface area contributed by atoms with Gasteiger partial charge in [0, 0.05) is 11.1 Å². The summed E-state index contributed by atoms with van der Waals surface area (Å²) < 4.78 is 40.3. The fraction of sp³-hybridized carbons (Fsp3) is 0.416. The molecule has 590 valence electrons. The van der Waals surface area contributed by atoms with Crippen LogP contribution in [-0.2, 0) is 74.3 Å². The van der Waals surface area contributed by atoms with Gasteiger partial charge in [-0.1, -0.05) is 114 Å². The van der Waals surface area contributed by atoms with Gasteiger partial charge in [-0.05, 0) is 163 Å². The van der Waals surface area contributed by atoms with Crippen molar-refractivity contribution in [3.8, 4) is 10.0 Å². The van der Waals surface area contributed by atoms with Crippen molar-refractivity contribution in [3.63, 3.8) is 0 Å². The molecule has 0 aliphatic heterocycles. The highest BCUT2D eigenvalue weighted by atomic mass is 79.9. The lowest BCUT2D eigenvalue weighted by molar-refractivity contribution is -0.164. The number of ether oxygens (including phenoxy) is 5. The Hall–Kier alpha value is -10.2. The molecule has 3 atom stereocenters. The number of methoxy groups -OCH3 is 1. The third-order valence-corrected chi connectivity index (χ3v) is 22.6. The SMILES string of the molecule is COC(=O)C(C)(C)n1c(=O)c2c(C)c(Br)sc2n(C[C@H](OC(C)C)c2ccccc2)c1=O.Cc1c(-n2cncn2)sc2c1c(=O)n(C(C)(C)C(=O)O)c(=O)n2C[C@H](OC(C)C)c1ccccc1.Cc1c(-n2cncn2)sc2c1c(=O)n(C(C)(C)C(=O)OC(C)(C)C)c(=O)n2C[C@H](OC(C)C)c1ccccc1.c1nc[nH]n1. The molecule has 0 saturated carbocycles. The maximum Gasteiger partial charge on any atom is 0.333 e. The monoisotopic (exact) mass is 1640 g/mol. The summed E-state index contributed by atoms with van der Waals surface area (Å²) in [5.41, 5.74) is -4.69. The van der Waals surface area contributed by atoms with E-state index < -0.39 is 92.2 Å². The highest BCUT2D eigenvalue weighted by molar-refractivity contribution is 9.11. The van der Waals surface area contributed by atoms with Gasteiger partial charge < -0.3 is 28.8 Å². The molecule has 0 radical (unpaired) electrons. The van der Waals surface area contributed by atoms with Crippen LogP contribution in [0.5, 0.6) is 0 Å². The molecule has 0 unspecified atom stereocenters. The maximum atomic E-state index is 14.2. The molecule has 0 amide bonds. The number of nitrogens with one attached hydrogen (secondary N) is 1. The van der Waals surface area contributed by atoms with E-state index in [4.69, 9.17) is 23.7 Å². The Labute approximate surface area is 658 Å². The number of carbonyl (C=O) groups excluding carboxylic acids is 2. The molecule has 12 rings (SSSR count). The van der Waals surface area contributed by atoms with Gasteiger partial charge in [0.05, 0.1) is 65.0 Å². The quantitative estimate of drug-likeness (QED) is 0.0562. The van der Waals surface area contributed by atoms with Gasteiger partial charge >= 0.3 is 35.0 Å². The lowest BCUT2D eigenvalue weighted by atomic mass is 10.0. The number of aryl methyl sites for hydroxylation is 3. The summed E-state index contributed by atoms with van der Waals surface area (Å²) in [6.07, 6.45) is 7.03. The molecule has 0 aliphatic rings. The van der Waals surface area contributed by atoms with Gasteiger partial charge in [0.25, 0.3) is 16.7 Å². The second-order valence-corrected chi connectivity index (χ2v) is 33.5. The van der Waals surface area contributed by atoms with Crippen LogP contribution in [0, 0.1) is 20.8 Å². The number of hydrogen-bond donors (Lipinski definition) is 2. The van der Waals surface area contributed by atoms with E-state index in [1.165, 1.54) is 139 Å². The van der Waals surface area contributed by atoms with Crippen molar-refractivity contribution in [3.05, 3.63) is 229 Å². The van der Waals surface area contributed by atoms with Crippen LogP contribution in [0.3, 0.4) is 0 Å². The van der Waals surface area contributed by atoms with E-state index in [0.29, 0.717) is 46.4 Å². The average Bonchev–Trinajstić information content (AvgIpc) is 1.63. The summed E-state index contributed by atoms with van der Waals surface area (Å²) in [5.74, 6) is -2.64. The van der Waals surface area contributed by atoms with Crippen molar-refractivity contribution in [1.29, 1.82) is 0 Å². The molecule has 9 aromatic heterocycles. The van der Waals surface area contributed by atoms with Crippen LogP contribution in [0.1, 0.15) is 156 Å². The Morgan fingerprint density at radius 3 is 1.12 bits per heavy atom. The number of esters is 2. The van der Waals surface area contributed by atoms with E-state index in [0.717, 1.165) is 39.7 Å². The minimum atomic E-state index is -1.77. The molecule has 9 heterocycles. The Morgan fingerprint density at radius 1 is 0.486 bits per heavy atom. The van der Waals surface area contributed by atoms with E-state index in [2.05, 4.69) is 51.3 Å². The number of fused-ring (bicyclic) bond motifs is 3. The molecule has 3 aromatic carbocycles. The summed E-state index contributed by atoms with van der Waals surface area (Å²) >= 11 is 7.32. The maximum absolute atomic E-state index is 14.2. The normalized spacial score (nSPS) is 12.9. The number of nitrogens with zero attached hydrogens (tertiary/aromatic N) is 14. The minimum absolute atomic E-state index is 0.0828. The first-order valence-electron chi connectivity index (χ1n) is 35.4. The van der Waals surface area contributed by atoms with Crippen LogP contribution in [0.15, 0.2) is 162 Å². The fourth-order valence-corrected chi connectivity index (χ4v) is 16.4. The Kier molecular flexibility index (Phi) is 26.7. The van der Waals surface area contributed by atoms with Crippen LogP contribution in [0.4, 0.5) is 0 Å². The largest absolute Gasteiger partial charge is 0.480 e. The molecule has 0 fully saturated rings. The van der Waals surface area contributed by atoms with Gasteiger partial charge in [-0.3, -0.25) is 33.2 Å². The molecular weight excluding hydrogens is 1550 g/mol. The van der Waals surface area contributed by atoms with E-state index in [1.807, 2.05) is 139 Å². The van der Waals surface area contributed by atoms with Crippen molar-refractivity contribution in [2.45, 2.75) is 203 Å². The highest BCUT2D eigenvalue weighted by Gasteiger charge is 2.41. The number of H-pyrrole nitrogens is 1. The zero-order chi connectivity index (χ0) is 81.5. The number of aromatic nitrogens is 15. The van der Waals surface area contributed by atoms with Gasteiger partial charge in [-0.25, -0.2) is 66.8 Å². The first-order valence-corrected chi connectivity index (χ1v) is 38.7. The van der Waals surface area contributed by atoms with Crippen LogP contribution in [-0.4, -0.2) is 126 Å². The average molecular weight is 1640 g/mol. The number of thiophene rings is 3. The number of halogens is 1. The second kappa shape index (κ2) is 35.0. The summed E-state index contributed by atoms with van der Waals surface area (Å²) in [6, 6.07) is 28.7. The second-order valence-electron chi connectivity index (χ2n) is 29.3. The number of hydrogen-bond acceptors (Lipinski definition) is 23. The lowest BCUT2D eigenvalue weighted by Gasteiger charge is -2.30. The predicted octanol–water partition coefficient (Wildman–Crippen LogP) is 11.6. The standard InChI is InChI=1S/C28H35N5O5S.C24H27N5O5S.C23H27BrN2O5S.C2H3N3/c1-17(2)37-20(19-12-10-9-11-13-19)14-31-24-21(18(3)23(39-24)32-16-29-15-30-32)22(34)33(26(31)36)28(7,8)25(35)38-27(4,5)6;1-14(2)34-17(16-9-7-6-8-10-16)11-27-21-18(15(3)20(35-21)28-13-25-12-26-28)19(30)29(23(27)33)24(4,5)22(31)32;1-13(2)31-16(15-10-8-7-9-11-15)12-25-20-17(14(3)18(24)32-20)19(27)26(22(25)29)23(4,5)21(28)30-6;1-3-2-5-4-1/h9-13,15-17,20H,14H2,1-8H3;6-10,12-14,17H,11H2,1-5H3,(H,31,32);7-11,13,16H,12H2,1-6H3;1-2H,(H,3,4,5)/t20-;17-;16-;/m000./s1. The fourth-order valence-electron chi connectivity index (χ4n) is 12.3. The molecule has 30 nitrogen and oxygen atoms in total.